The summed E-state index contributed by atoms with van der Waals surface area (Å²) in [6.07, 6.45) is 0.774. The van der Waals surface area contributed by atoms with Crippen LogP contribution < -0.4 is 5.32 Å². The molecule has 0 atom stereocenters. The minimum atomic E-state index is -0.116. The van der Waals surface area contributed by atoms with E-state index in [1.807, 2.05) is 0 Å². The summed E-state index contributed by atoms with van der Waals surface area (Å²) in [5, 5.41) is 3.37. The Kier molecular flexibility index (Phi) is 7.41. The summed E-state index contributed by atoms with van der Waals surface area (Å²) in [5.41, 5.74) is 0.572. The van der Waals surface area contributed by atoms with Crippen molar-refractivity contribution >= 4 is 17.5 Å². The number of rotatable bonds is 8. The summed E-state index contributed by atoms with van der Waals surface area (Å²) in [5.74, 6) is -0.116. The lowest BCUT2D eigenvalue weighted by atomic mass is 10.2. The molecule has 1 N–H and O–H groups in total. The van der Waals surface area contributed by atoms with E-state index < -0.39 is 0 Å². The van der Waals surface area contributed by atoms with Crippen molar-refractivity contribution in [3.8, 4) is 0 Å². The van der Waals surface area contributed by atoms with Crippen LogP contribution in [0.2, 0.25) is 5.02 Å². The molecule has 0 radical (unpaired) electrons. The number of carbonyl (C=O) groups excluding carboxylic acids is 1. The van der Waals surface area contributed by atoms with Crippen LogP contribution in [0.25, 0.3) is 0 Å². The zero-order chi connectivity index (χ0) is 13.2. The van der Waals surface area contributed by atoms with Crippen molar-refractivity contribution in [2.24, 2.45) is 0 Å². The Morgan fingerprint density at radius 2 is 2.17 bits per heavy atom. The van der Waals surface area contributed by atoms with E-state index in [-0.39, 0.29) is 5.91 Å². The van der Waals surface area contributed by atoms with Gasteiger partial charge in [0, 0.05) is 30.8 Å². The summed E-state index contributed by atoms with van der Waals surface area (Å²) in [4.78, 5) is 11.7. The van der Waals surface area contributed by atoms with Crippen molar-refractivity contribution in [2.75, 3.05) is 33.5 Å². The van der Waals surface area contributed by atoms with Crippen LogP contribution in [0.3, 0.4) is 0 Å². The van der Waals surface area contributed by atoms with E-state index in [1.165, 1.54) is 0 Å². The molecule has 0 saturated carbocycles. The van der Waals surface area contributed by atoms with Gasteiger partial charge in [0.05, 0.1) is 13.2 Å². The van der Waals surface area contributed by atoms with Crippen molar-refractivity contribution in [2.45, 2.75) is 6.42 Å². The topological polar surface area (TPSA) is 47.6 Å². The molecular formula is C13H18ClNO3. The highest BCUT2D eigenvalue weighted by Crippen LogP contribution is 2.10. The van der Waals surface area contributed by atoms with Gasteiger partial charge < -0.3 is 14.8 Å². The van der Waals surface area contributed by atoms with Crippen molar-refractivity contribution in [1.29, 1.82) is 0 Å². The molecule has 100 valence electrons. The normalized spacial score (nSPS) is 10.3. The van der Waals surface area contributed by atoms with Gasteiger partial charge in [0.2, 0.25) is 0 Å². The highest BCUT2D eigenvalue weighted by Gasteiger charge is 2.04. The molecule has 0 heterocycles. The Morgan fingerprint density at radius 1 is 1.33 bits per heavy atom. The Labute approximate surface area is 112 Å². The Balaban J connectivity index is 2.14. The summed E-state index contributed by atoms with van der Waals surface area (Å²) >= 11 is 5.81. The molecule has 0 spiro atoms. The SMILES string of the molecule is COCCOCCCNC(=O)c1cccc(Cl)c1. The third-order valence-electron chi connectivity index (χ3n) is 2.27. The summed E-state index contributed by atoms with van der Waals surface area (Å²) in [6, 6.07) is 6.87. The third-order valence-corrected chi connectivity index (χ3v) is 2.50. The average molecular weight is 272 g/mol. The van der Waals surface area contributed by atoms with Crippen LogP contribution in [0.4, 0.5) is 0 Å². The quantitative estimate of drug-likeness (QED) is 0.737. The molecule has 1 rings (SSSR count). The van der Waals surface area contributed by atoms with Gasteiger partial charge in [-0.05, 0) is 24.6 Å². The minimum absolute atomic E-state index is 0.116. The lowest BCUT2D eigenvalue weighted by Crippen LogP contribution is -2.25. The number of halogens is 1. The average Bonchev–Trinajstić information content (AvgIpc) is 2.37. The Hall–Kier alpha value is -1.10. The predicted molar refractivity (Wildman–Crippen MR) is 71.1 cm³/mol. The number of hydrogen-bond acceptors (Lipinski definition) is 3. The van der Waals surface area contributed by atoms with Crippen LogP contribution in [-0.4, -0.2) is 39.4 Å². The fourth-order valence-electron chi connectivity index (χ4n) is 1.35. The van der Waals surface area contributed by atoms with E-state index in [4.69, 9.17) is 21.1 Å². The number of amides is 1. The number of benzene rings is 1. The summed E-state index contributed by atoms with van der Waals surface area (Å²) < 4.78 is 10.1. The van der Waals surface area contributed by atoms with E-state index in [9.17, 15) is 4.79 Å². The molecule has 0 aliphatic heterocycles. The molecule has 0 aliphatic carbocycles. The van der Waals surface area contributed by atoms with E-state index in [1.54, 1.807) is 31.4 Å². The fraction of sp³-hybridized carbons (Fsp3) is 0.462. The first-order chi connectivity index (χ1) is 8.74. The van der Waals surface area contributed by atoms with Gasteiger partial charge in [-0.25, -0.2) is 0 Å². The minimum Gasteiger partial charge on any atom is -0.382 e. The maximum atomic E-state index is 11.7. The first-order valence-electron chi connectivity index (χ1n) is 5.84. The zero-order valence-electron chi connectivity index (χ0n) is 10.4. The van der Waals surface area contributed by atoms with Gasteiger partial charge in [-0.1, -0.05) is 17.7 Å². The van der Waals surface area contributed by atoms with Crippen LogP contribution in [0.1, 0.15) is 16.8 Å². The Morgan fingerprint density at radius 3 is 2.89 bits per heavy atom. The molecule has 5 heteroatoms. The maximum absolute atomic E-state index is 11.7. The monoisotopic (exact) mass is 271 g/mol. The highest BCUT2D eigenvalue weighted by molar-refractivity contribution is 6.30. The summed E-state index contributed by atoms with van der Waals surface area (Å²) in [7, 11) is 1.63. The number of nitrogens with one attached hydrogen (secondary N) is 1. The lowest BCUT2D eigenvalue weighted by Gasteiger charge is -2.06. The molecule has 18 heavy (non-hydrogen) atoms. The smallest absolute Gasteiger partial charge is 0.251 e. The van der Waals surface area contributed by atoms with E-state index >= 15 is 0 Å². The molecule has 0 bridgehead atoms. The summed E-state index contributed by atoms with van der Waals surface area (Å²) in [6.45, 7) is 2.37. The van der Waals surface area contributed by atoms with Gasteiger partial charge in [-0.3, -0.25) is 4.79 Å². The second kappa shape index (κ2) is 8.91. The first kappa shape index (κ1) is 15.0. The molecule has 1 amide bonds. The highest BCUT2D eigenvalue weighted by atomic mass is 35.5. The third kappa shape index (κ3) is 6.00. The van der Waals surface area contributed by atoms with Crippen molar-refractivity contribution < 1.29 is 14.3 Å². The van der Waals surface area contributed by atoms with Crippen molar-refractivity contribution in [3.05, 3.63) is 34.9 Å². The first-order valence-corrected chi connectivity index (χ1v) is 6.22. The van der Waals surface area contributed by atoms with Gasteiger partial charge in [0.25, 0.3) is 5.91 Å². The van der Waals surface area contributed by atoms with Crippen LogP contribution in [0.5, 0.6) is 0 Å². The van der Waals surface area contributed by atoms with Crippen molar-refractivity contribution in [1.82, 2.24) is 5.32 Å². The molecular weight excluding hydrogens is 254 g/mol. The zero-order valence-corrected chi connectivity index (χ0v) is 11.2. The molecule has 0 fully saturated rings. The van der Waals surface area contributed by atoms with Crippen LogP contribution >= 0.6 is 11.6 Å². The van der Waals surface area contributed by atoms with Gasteiger partial charge in [-0.2, -0.15) is 0 Å². The molecule has 4 nitrogen and oxygen atoms in total. The Bertz CT molecular complexity index is 371. The van der Waals surface area contributed by atoms with Gasteiger partial charge in [-0.15, -0.1) is 0 Å². The number of methoxy groups -OCH3 is 1. The lowest BCUT2D eigenvalue weighted by molar-refractivity contribution is 0.0688. The molecule has 0 aromatic heterocycles. The maximum Gasteiger partial charge on any atom is 0.251 e. The van der Waals surface area contributed by atoms with E-state index in [0.29, 0.717) is 37.0 Å². The molecule has 1 aromatic carbocycles. The standard InChI is InChI=1S/C13H18ClNO3/c1-17-8-9-18-7-3-6-15-13(16)11-4-2-5-12(14)10-11/h2,4-5,10H,3,6-9H2,1H3,(H,15,16). The van der Waals surface area contributed by atoms with E-state index in [2.05, 4.69) is 5.32 Å². The van der Waals surface area contributed by atoms with Gasteiger partial charge in [0.15, 0.2) is 0 Å². The van der Waals surface area contributed by atoms with Gasteiger partial charge in [0.1, 0.15) is 0 Å². The van der Waals surface area contributed by atoms with Crippen LogP contribution in [-0.2, 0) is 9.47 Å². The number of ether oxygens (including phenoxy) is 2. The molecule has 0 unspecified atom stereocenters. The van der Waals surface area contributed by atoms with Crippen LogP contribution in [0, 0.1) is 0 Å². The van der Waals surface area contributed by atoms with E-state index in [0.717, 1.165) is 6.42 Å². The molecule has 0 saturated heterocycles. The van der Waals surface area contributed by atoms with Gasteiger partial charge >= 0.3 is 0 Å². The van der Waals surface area contributed by atoms with Crippen molar-refractivity contribution in [3.63, 3.8) is 0 Å². The molecule has 1 aromatic rings. The fourth-order valence-corrected chi connectivity index (χ4v) is 1.54. The number of hydrogen-bond donors (Lipinski definition) is 1. The van der Waals surface area contributed by atoms with Crippen LogP contribution in [0.15, 0.2) is 24.3 Å². The largest absolute Gasteiger partial charge is 0.382 e. The molecule has 0 aliphatic rings. The second-order valence-electron chi connectivity index (χ2n) is 3.72. The predicted octanol–water partition coefficient (Wildman–Crippen LogP) is 2.12. The number of carbonyl (C=O) groups is 1. The second-order valence-corrected chi connectivity index (χ2v) is 4.16.